The fourth-order valence-corrected chi connectivity index (χ4v) is 2.97. The molecule has 72 valence electrons. The van der Waals surface area contributed by atoms with Crippen LogP contribution in [0.2, 0.25) is 0 Å². The first-order valence-corrected chi connectivity index (χ1v) is 5.58. The summed E-state index contributed by atoms with van der Waals surface area (Å²) >= 11 is 0. The summed E-state index contributed by atoms with van der Waals surface area (Å²) in [4.78, 5) is 0. The molecule has 2 atom stereocenters. The normalized spacial score (nSPS) is 37.2. The molecule has 0 spiro atoms. The van der Waals surface area contributed by atoms with E-state index in [0.29, 0.717) is 0 Å². The van der Waals surface area contributed by atoms with Crippen molar-refractivity contribution in [2.75, 3.05) is 0 Å². The number of hydrogen-bond donors (Lipinski definition) is 0. The van der Waals surface area contributed by atoms with Gasteiger partial charge in [0.05, 0.1) is 0 Å². The Morgan fingerprint density at radius 2 is 1.50 bits per heavy atom. The van der Waals surface area contributed by atoms with Crippen LogP contribution in [0.25, 0.3) is 0 Å². The third-order valence-corrected chi connectivity index (χ3v) is 3.08. The molecule has 1 saturated carbocycles. The van der Waals surface area contributed by atoms with Crippen LogP contribution >= 0.6 is 0 Å². The molecule has 0 heteroatoms. The van der Waals surface area contributed by atoms with Crippen LogP contribution in [0.1, 0.15) is 53.4 Å². The van der Waals surface area contributed by atoms with Crippen LogP contribution in [0.4, 0.5) is 0 Å². The number of rotatable bonds is 2. The summed E-state index contributed by atoms with van der Waals surface area (Å²) in [5, 5.41) is 0. The van der Waals surface area contributed by atoms with Gasteiger partial charge >= 0.3 is 0 Å². The first kappa shape index (κ1) is 10.1. The highest BCUT2D eigenvalue weighted by atomic mass is 14.3. The van der Waals surface area contributed by atoms with Crippen LogP contribution in [0, 0.1) is 23.7 Å². The van der Waals surface area contributed by atoms with Crippen molar-refractivity contribution in [3.63, 3.8) is 0 Å². The molecular weight excluding hydrogens is 144 g/mol. The Morgan fingerprint density at radius 3 is 1.92 bits per heavy atom. The summed E-state index contributed by atoms with van der Waals surface area (Å²) in [5.74, 6) is 3.89. The smallest absolute Gasteiger partial charge is 0.0407 e. The Bertz CT molecular complexity index is 113. The van der Waals surface area contributed by atoms with Gasteiger partial charge in [-0.25, -0.2) is 0 Å². The molecule has 0 aromatic carbocycles. The van der Waals surface area contributed by atoms with E-state index >= 15 is 0 Å². The summed E-state index contributed by atoms with van der Waals surface area (Å²) in [6.45, 7) is 9.54. The third-order valence-electron chi connectivity index (χ3n) is 3.08. The molecule has 0 radical (unpaired) electrons. The minimum atomic E-state index is 0.896. The lowest BCUT2D eigenvalue weighted by Gasteiger charge is -2.32. The predicted octanol–water partition coefficient (Wildman–Crippen LogP) is 4.10. The van der Waals surface area contributed by atoms with Gasteiger partial charge in [-0.2, -0.15) is 0 Å². The SMILES string of the molecule is CC(C)CC1C[C@@H](C)C[C@H](C)C1. The first-order valence-electron chi connectivity index (χ1n) is 5.58. The molecule has 0 bridgehead atoms. The van der Waals surface area contributed by atoms with Crippen molar-refractivity contribution in [2.24, 2.45) is 23.7 Å². The maximum absolute atomic E-state index is 2.42. The average Bonchev–Trinajstić information content (AvgIpc) is 1.81. The zero-order valence-electron chi connectivity index (χ0n) is 9.14. The van der Waals surface area contributed by atoms with E-state index in [1.165, 1.54) is 25.7 Å². The van der Waals surface area contributed by atoms with E-state index in [1.807, 2.05) is 0 Å². The Kier molecular flexibility index (Phi) is 3.61. The molecule has 0 saturated heterocycles. The topological polar surface area (TPSA) is 0 Å². The molecule has 0 heterocycles. The Balaban J connectivity index is 2.34. The highest BCUT2D eigenvalue weighted by Crippen LogP contribution is 2.35. The van der Waals surface area contributed by atoms with E-state index in [2.05, 4.69) is 27.7 Å². The predicted molar refractivity (Wildman–Crippen MR) is 55.1 cm³/mol. The highest BCUT2D eigenvalue weighted by molar-refractivity contribution is 4.75. The van der Waals surface area contributed by atoms with Crippen LogP contribution in [0.5, 0.6) is 0 Å². The maximum Gasteiger partial charge on any atom is -0.0407 e. The van der Waals surface area contributed by atoms with Crippen molar-refractivity contribution in [3.8, 4) is 0 Å². The molecule has 1 aliphatic carbocycles. The van der Waals surface area contributed by atoms with Crippen molar-refractivity contribution >= 4 is 0 Å². The van der Waals surface area contributed by atoms with Gasteiger partial charge in [-0.05, 0) is 49.4 Å². The molecule has 0 aliphatic heterocycles. The molecule has 0 N–H and O–H groups in total. The van der Waals surface area contributed by atoms with Gasteiger partial charge in [0.1, 0.15) is 0 Å². The van der Waals surface area contributed by atoms with E-state index in [4.69, 9.17) is 0 Å². The lowest BCUT2D eigenvalue weighted by Crippen LogP contribution is -2.20. The second kappa shape index (κ2) is 4.30. The van der Waals surface area contributed by atoms with Crippen LogP contribution in [-0.4, -0.2) is 0 Å². The van der Waals surface area contributed by atoms with E-state index in [0.717, 1.165) is 23.7 Å². The van der Waals surface area contributed by atoms with Gasteiger partial charge in [0.25, 0.3) is 0 Å². The van der Waals surface area contributed by atoms with Gasteiger partial charge in [-0.3, -0.25) is 0 Å². The summed E-state index contributed by atoms with van der Waals surface area (Å²) in [7, 11) is 0. The maximum atomic E-state index is 2.42. The number of hydrogen-bond acceptors (Lipinski definition) is 0. The molecule has 1 rings (SSSR count). The molecule has 0 amide bonds. The van der Waals surface area contributed by atoms with Crippen LogP contribution in [-0.2, 0) is 0 Å². The Hall–Kier alpha value is 0. The summed E-state index contributed by atoms with van der Waals surface area (Å²) in [6, 6.07) is 0. The van der Waals surface area contributed by atoms with E-state index in [9.17, 15) is 0 Å². The first-order chi connectivity index (χ1) is 5.58. The van der Waals surface area contributed by atoms with Crippen molar-refractivity contribution in [1.29, 1.82) is 0 Å². The van der Waals surface area contributed by atoms with Gasteiger partial charge < -0.3 is 0 Å². The summed E-state index contributed by atoms with van der Waals surface area (Å²) in [5.41, 5.74) is 0. The van der Waals surface area contributed by atoms with Gasteiger partial charge in [0.2, 0.25) is 0 Å². The van der Waals surface area contributed by atoms with Crippen LogP contribution in [0.3, 0.4) is 0 Å². The standard InChI is InChI=1S/C12H24/c1-9(2)5-12-7-10(3)6-11(4)8-12/h9-12H,5-8H2,1-4H3/t10-,11-/m0/s1. The fraction of sp³-hybridized carbons (Fsp3) is 1.00. The quantitative estimate of drug-likeness (QED) is 0.582. The minimum Gasteiger partial charge on any atom is -0.0628 e. The van der Waals surface area contributed by atoms with Crippen LogP contribution < -0.4 is 0 Å². The Labute approximate surface area is 77.7 Å². The highest BCUT2D eigenvalue weighted by Gasteiger charge is 2.23. The summed E-state index contributed by atoms with van der Waals surface area (Å²) in [6.07, 6.45) is 5.90. The third kappa shape index (κ3) is 3.16. The fourth-order valence-electron chi connectivity index (χ4n) is 2.97. The van der Waals surface area contributed by atoms with Crippen LogP contribution in [0.15, 0.2) is 0 Å². The lowest BCUT2D eigenvalue weighted by atomic mass is 9.74. The van der Waals surface area contributed by atoms with E-state index in [1.54, 1.807) is 0 Å². The molecule has 12 heavy (non-hydrogen) atoms. The van der Waals surface area contributed by atoms with Crippen molar-refractivity contribution < 1.29 is 0 Å². The van der Waals surface area contributed by atoms with Gasteiger partial charge in [0, 0.05) is 0 Å². The molecule has 0 unspecified atom stereocenters. The lowest BCUT2D eigenvalue weighted by molar-refractivity contribution is 0.195. The molecule has 0 aromatic rings. The van der Waals surface area contributed by atoms with E-state index in [-0.39, 0.29) is 0 Å². The second-order valence-electron chi connectivity index (χ2n) is 5.41. The molecule has 0 nitrogen and oxygen atoms in total. The zero-order valence-corrected chi connectivity index (χ0v) is 9.14. The largest absolute Gasteiger partial charge is 0.0628 e. The average molecular weight is 168 g/mol. The second-order valence-corrected chi connectivity index (χ2v) is 5.41. The Morgan fingerprint density at radius 1 is 1.00 bits per heavy atom. The molecule has 0 aromatic heterocycles. The molecule has 1 fully saturated rings. The minimum absolute atomic E-state index is 0.896. The molecule has 1 aliphatic rings. The van der Waals surface area contributed by atoms with E-state index < -0.39 is 0 Å². The summed E-state index contributed by atoms with van der Waals surface area (Å²) < 4.78 is 0. The van der Waals surface area contributed by atoms with Gasteiger partial charge in [-0.1, -0.05) is 27.7 Å². The van der Waals surface area contributed by atoms with Gasteiger partial charge in [0.15, 0.2) is 0 Å². The molecular formula is C12H24. The van der Waals surface area contributed by atoms with Gasteiger partial charge in [-0.15, -0.1) is 0 Å². The van der Waals surface area contributed by atoms with Crippen molar-refractivity contribution in [2.45, 2.75) is 53.4 Å². The van der Waals surface area contributed by atoms with Crippen molar-refractivity contribution in [1.82, 2.24) is 0 Å². The van der Waals surface area contributed by atoms with Crippen molar-refractivity contribution in [3.05, 3.63) is 0 Å². The zero-order chi connectivity index (χ0) is 9.14. The monoisotopic (exact) mass is 168 g/mol.